The first-order valence-corrected chi connectivity index (χ1v) is 8.89. The van der Waals surface area contributed by atoms with Crippen molar-refractivity contribution in [2.75, 3.05) is 40.4 Å². The SMILES string of the molecule is COc1ccc(OCCN(C)C(=O)C2(n3cccn3)CCNCC2)cc1. The van der Waals surface area contributed by atoms with Crippen molar-refractivity contribution in [3.63, 3.8) is 0 Å². The number of benzene rings is 1. The molecular weight excluding hydrogens is 332 g/mol. The number of piperidine rings is 1. The fourth-order valence-electron chi connectivity index (χ4n) is 3.33. The molecule has 1 amide bonds. The Morgan fingerprint density at radius 1 is 1.27 bits per heavy atom. The molecule has 1 saturated heterocycles. The van der Waals surface area contributed by atoms with Crippen molar-refractivity contribution >= 4 is 5.91 Å². The highest BCUT2D eigenvalue weighted by Gasteiger charge is 2.43. The third kappa shape index (κ3) is 3.83. The summed E-state index contributed by atoms with van der Waals surface area (Å²) in [4.78, 5) is 15.0. The lowest BCUT2D eigenvalue weighted by Crippen LogP contribution is -2.55. The van der Waals surface area contributed by atoms with Crippen LogP contribution >= 0.6 is 0 Å². The number of likely N-dealkylation sites (N-methyl/N-ethyl adjacent to an activating group) is 1. The molecule has 7 heteroatoms. The van der Waals surface area contributed by atoms with Crippen LogP contribution in [-0.4, -0.2) is 61.0 Å². The van der Waals surface area contributed by atoms with Crippen LogP contribution in [0, 0.1) is 0 Å². The summed E-state index contributed by atoms with van der Waals surface area (Å²) in [5, 5.41) is 7.68. The zero-order valence-corrected chi connectivity index (χ0v) is 15.4. The summed E-state index contributed by atoms with van der Waals surface area (Å²) >= 11 is 0. The molecule has 2 heterocycles. The second-order valence-electron chi connectivity index (χ2n) is 6.48. The van der Waals surface area contributed by atoms with Crippen LogP contribution in [0.2, 0.25) is 0 Å². The lowest BCUT2D eigenvalue weighted by Gasteiger charge is -2.39. The van der Waals surface area contributed by atoms with Gasteiger partial charge < -0.3 is 19.7 Å². The van der Waals surface area contributed by atoms with E-state index >= 15 is 0 Å². The molecular formula is C19H26N4O3. The van der Waals surface area contributed by atoms with E-state index in [0.717, 1.165) is 37.4 Å². The van der Waals surface area contributed by atoms with Gasteiger partial charge in [-0.1, -0.05) is 0 Å². The topological polar surface area (TPSA) is 68.6 Å². The summed E-state index contributed by atoms with van der Waals surface area (Å²) in [6, 6.07) is 9.29. The average molecular weight is 358 g/mol. The number of ether oxygens (including phenoxy) is 2. The fraction of sp³-hybridized carbons (Fsp3) is 0.474. The Kier molecular flexibility index (Phi) is 5.78. The first kappa shape index (κ1) is 18.3. The number of amides is 1. The van der Waals surface area contributed by atoms with Crippen LogP contribution < -0.4 is 14.8 Å². The molecule has 26 heavy (non-hydrogen) atoms. The van der Waals surface area contributed by atoms with Crippen molar-refractivity contribution in [2.24, 2.45) is 0 Å². The molecule has 0 spiro atoms. The number of nitrogens with one attached hydrogen (secondary N) is 1. The predicted molar refractivity (Wildman–Crippen MR) is 98.4 cm³/mol. The second-order valence-corrected chi connectivity index (χ2v) is 6.48. The van der Waals surface area contributed by atoms with Gasteiger partial charge in [0.2, 0.25) is 0 Å². The molecule has 2 aromatic rings. The number of rotatable bonds is 7. The molecule has 0 atom stereocenters. The average Bonchev–Trinajstić information content (AvgIpc) is 3.24. The van der Waals surface area contributed by atoms with Gasteiger partial charge in [-0.05, 0) is 56.3 Å². The van der Waals surface area contributed by atoms with Gasteiger partial charge in [0.1, 0.15) is 23.6 Å². The summed E-state index contributed by atoms with van der Waals surface area (Å²) in [5.74, 6) is 1.63. The summed E-state index contributed by atoms with van der Waals surface area (Å²) in [6.45, 7) is 2.56. The molecule has 0 bridgehead atoms. The minimum absolute atomic E-state index is 0.0843. The Balaban J connectivity index is 1.60. The number of hydrogen-bond acceptors (Lipinski definition) is 5. The Labute approximate surface area is 153 Å². The van der Waals surface area contributed by atoms with E-state index in [2.05, 4.69) is 10.4 Å². The summed E-state index contributed by atoms with van der Waals surface area (Å²) in [7, 11) is 3.46. The highest BCUT2D eigenvalue weighted by Crippen LogP contribution is 2.29. The van der Waals surface area contributed by atoms with Crippen LogP contribution in [0.25, 0.3) is 0 Å². The smallest absolute Gasteiger partial charge is 0.250 e. The zero-order chi connectivity index (χ0) is 18.4. The van der Waals surface area contributed by atoms with Crippen LogP contribution in [0.1, 0.15) is 12.8 Å². The molecule has 0 saturated carbocycles. The van der Waals surface area contributed by atoms with Gasteiger partial charge >= 0.3 is 0 Å². The maximum absolute atomic E-state index is 13.2. The maximum atomic E-state index is 13.2. The number of aromatic nitrogens is 2. The van der Waals surface area contributed by atoms with Gasteiger partial charge in [0.05, 0.1) is 13.7 Å². The van der Waals surface area contributed by atoms with Crippen molar-refractivity contribution in [2.45, 2.75) is 18.4 Å². The van der Waals surface area contributed by atoms with Crippen molar-refractivity contribution in [1.82, 2.24) is 20.0 Å². The minimum Gasteiger partial charge on any atom is -0.497 e. The summed E-state index contributed by atoms with van der Waals surface area (Å²) in [6.07, 6.45) is 5.07. The largest absolute Gasteiger partial charge is 0.497 e. The molecule has 0 aliphatic carbocycles. The fourth-order valence-corrected chi connectivity index (χ4v) is 3.33. The van der Waals surface area contributed by atoms with E-state index in [9.17, 15) is 4.79 Å². The van der Waals surface area contributed by atoms with Gasteiger partial charge in [0.25, 0.3) is 5.91 Å². The molecule has 0 unspecified atom stereocenters. The summed E-state index contributed by atoms with van der Waals surface area (Å²) in [5.41, 5.74) is -0.608. The van der Waals surface area contributed by atoms with Gasteiger partial charge in [-0.15, -0.1) is 0 Å². The van der Waals surface area contributed by atoms with E-state index in [1.54, 1.807) is 18.2 Å². The van der Waals surface area contributed by atoms with Crippen LogP contribution in [-0.2, 0) is 10.3 Å². The Morgan fingerprint density at radius 3 is 2.58 bits per heavy atom. The quantitative estimate of drug-likeness (QED) is 0.813. The van der Waals surface area contributed by atoms with E-state index in [4.69, 9.17) is 9.47 Å². The van der Waals surface area contributed by atoms with Crippen molar-refractivity contribution in [3.8, 4) is 11.5 Å². The van der Waals surface area contributed by atoms with Gasteiger partial charge in [-0.2, -0.15) is 5.10 Å². The number of hydrogen-bond donors (Lipinski definition) is 1. The van der Waals surface area contributed by atoms with Crippen LogP contribution in [0.5, 0.6) is 11.5 Å². The van der Waals surface area contributed by atoms with Gasteiger partial charge in [-0.3, -0.25) is 9.48 Å². The van der Waals surface area contributed by atoms with Crippen molar-refractivity contribution < 1.29 is 14.3 Å². The van der Waals surface area contributed by atoms with E-state index in [-0.39, 0.29) is 5.91 Å². The second kappa shape index (κ2) is 8.23. The minimum atomic E-state index is -0.608. The van der Waals surface area contributed by atoms with E-state index in [1.807, 2.05) is 48.3 Å². The highest BCUT2D eigenvalue weighted by molar-refractivity contribution is 5.84. The molecule has 1 aliphatic heterocycles. The molecule has 140 valence electrons. The zero-order valence-electron chi connectivity index (χ0n) is 15.4. The molecule has 1 aromatic heterocycles. The van der Waals surface area contributed by atoms with E-state index in [1.165, 1.54) is 0 Å². The number of methoxy groups -OCH3 is 1. The van der Waals surface area contributed by atoms with E-state index < -0.39 is 5.54 Å². The standard InChI is InChI=1S/C19H26N4O3/c1-22(14-15-26-17-6-4-16(25-2)5-7-17)18(24)19(8-11-20-12-9-19)23-13-3-10-21-23/h3-7,10,13,20H,8-9,11-12,14-15H2,1-2H3. The lowest BCUT2D eigenvalue weighted by molar-refractivity contribution is -0.142. The monoisotopic (exact) mass is 358 g/mol. The maximum Gasteiger partial charge on any atom is 0.250 e. The molecule has 3 rings (SSSR count). The number of carbonyl (C=O) groups excluding carboxylic acids is 1. The normalized spacial score (nSPS) is 16.1. The van der Waals surface area contributed by atoms with Crippen molar-refractivity contribution in [3.05, 3.63) is 42.7 Å². The molecule has 0 radical (unpaired) electrons. The van der Waals surface area contributed by atoms with Gasteiger partial charge in [0, 0.05) is 19.4 Å². The van der Waals surface area contributed by atoms with Gasteiger partial charge in [0.15, 0.2) is 0 Å². The number of carbonyl (C=O) groups is 1. The third-order valence-corrected chi connectivity index (χ3v) is 4.87. The van der Waals surface area contributed by atoms with Gasteiger partial charge in [-0.25, -0.2) is 0 Å². The van der Waals surface area contributed by atoms with E-state index in [0.29, 0.717) is 13.2 Å². The molecule has 1 aliphatic rings. The number of nitrogens with zero attached hydrogens (tertiary/aromatic N) is 3. The predicted octanol–water partition coefficient (Wildman–Crippen LogP) is 1.51. The molecule has 1 fully saturated rings. The summed E-state index contributed by atoms with van der Waals surface area (Å²) < 4.78 is 12.7. The third-order valence-electron chi connectivity index (χ3n) is 4.87. The lowest BCUT2D eigenvalue weighted by atomic mass is 9.87. The van der Waals surface area contributed by atoms with Crippen LogP contribution in [0.15, 0.2) is 42.7 Å². The highest BCUT2D eigenvalue weighted by atomic mass is 16.5. The van der Waals surface area contributed by atoms with Crippen molar-refractivity contribution in [1.29, 1.82) is 0 Å². The van der Waals surface area contributed by atoms with Crippen LogP contribution in [0.3, 0.4) is 0 Å². The Morgan fingerprint density at radius 2 is 1.96 bits per heavy atom. The van der Waals surface area contributed by atoms with Crippen LogP contribution in [0.4, 0.5) is 0 Å². The Bertz CT molecular complexity index is 694. The molecule has 1 N–H and O–H groups in total. The Hall–Kier alpha value is -2.54. The molecule has 1 aromatic carbocycles. The molecule has 7 nitrogen and oxygen atoms in total. The first-order valence-electron chi connectivity index (χ1n) is 8.89. The first-order chi connectivity index (χ1) is 12.7.